The summed E-state index contributed by atoms with van der Waals surface area (Å²) in [5, 5.41) is 0.885. The summed E-state index contributed by atoms with van der Waals surface area (Å²) in [7, 11) is 0. The lowest BCUT2D eigenvalue weighted by Gasteiger charge is -2.07. The molecule has 1 aromatic carbocycles. The molecule has 0 aliphatic heterocycles. The molecular formula is C10H6BrCl2N3. The van der Waals surface area contributed by atoms with Gasteiger partial charge in [-0.05, 0) is 22.0 Å². The van der Waals surface area contributed by atoms with Crippen LogP contribution in [0, 0.1) is 0 Å². The molecule has 2 N–H and O–H groups in total. The van der Waals surface area contributed by atoms with Crippen molar-refractivity contribution < 1.29 is 0 Å². The zero-order chi connectivity index (χ0) is 11.7. The second kappa shape index (κ2) is 4.57. The number of aromatic nitrogens is 2. The second-order valence-electron chi connectivity index (χ2n) is 3.03. The largest absolute Gasteiger partial charge is 0.382 e. The van der Waals surface area contributed by atoms with E-state index in [1.165, 1.54) is 0 Å². The number of anilines is 1. The third-order valence-electron chi connectivity index (χ3n) is 1.98. The van der Waals surface area contributed by atoms with Gasteiger partial charge in [-0.1, -0.05) is 35.3 Å². The van der Waals surface area contributed by atoms with Gasteiger partial charge in [-0.15, -0.1) is 0 Å². The third kappa shape index (κ3) is 2.14. The minimum Gasteiger partial charge on any atom is -0.382 e. The summed E-state index contributed by atoms with van der Waals surface area (Å²) in [6, 6.07) is 5.28. The van der Waals surface area contributed by atoms with Gasteiger partial charge in [-0.25, -0.2) is 9.97 Å². The molecule has 1 aromatic heterocycles. The highest BCUT2D eigenvalue weighted by Gasteiger charge is 2.11. The van der Waals surface area contributed by atoms with E-state index in [1.54, 1.807) is 24.4 Å². The third-order valence-corrected chi connectivity index (χ3v) is 3.18. The van der Waals surface area contributed by atoms with Gasteiger partial charge in [-0.3, -0.25) is 0 Å². The van der Waals surface area contributed by atoms with Gasteiger partial charge in [0.15, 0.2) is 5.82 Å². The van der Waals surface area contributed by atoms with Crippen molar-refractivity contribution >= 4 is 44.9 Å². The first kappa shape index (κ1) is 11.6. The van der Waals surface area contributed by atoms with E-state index in [1.807, 2.05) is 0 Å². The molecule has 16 heavy (non-hydrogen) atoms. The summed E-state index contributed by atoms with van der Waals surface area (Å²) in [5.41, 5.74) is 6.96. The molecule has 0 spiro atoms. The van der Waals surface area contributed by atoms with Crippen molar-refractivity contribution in [1.29, 1.82) is 0 Å². The van der Waals surface area contributed by atoms with E-state index in [-0.39, 0.29) is 0 Å². The first-order valence-corrected chi connectivity index (χ1v) is 5.87. The minimum absolute atomic E-state index is 0.304. The number of hydrogen-bond donors (Lipinski definition) is 1. The molecule has 0 radical (unpaired) electrons. The molecule has 82 valence electrons. The molecule has 2 rings (SSSR count). The molecule has 0 bridgehead atoms. The number of halogens is 3. The van der Waals surface area contributed by atoms with Crippen molar-refractivity contribution in [2.45, 2.75) is 0 Å². The Hall–Kier alpha value is -0.840. The summed E-state index contributed by atoms with van der Waals surface area (Å²) in [4.78, 5) is 8.22. The SMILES string of the molecule is Nc1nc(Br)cnc1-c1cccc(Cl)c1Cl. The standard InChI is InChI=1S/C10H6BrCl2N3/c11-7-4-15-9(10(14)16-7)5-2-1-3-6(12)8(5)13/h1-4H,(H2,14,16). The molecular weight excluding hydrogens is 313 g/mol. The van der Waals surface area contributed by atoms with E-state index in [0.29, 0.717) is 31.7 Å². The highest BCUT2D eigenvalue weighted by molar-refractivity contribution is 9.10. The molecule has 0 atom stereocenters. The maximum absolute atomic E-state index is 6.07. The van der Waals surface area contributed by atoms with Crippen molar-refractivity contribution in [3.8, 4) is 11.3 Å². The summed E-state index contributed by atoms with van der Waals surface area (Å²) >= 11 is 15.2. The van der Waals surface area contributed by atoms with Crippen LogP contribution in [0.5, 0.6) is 0 Å². The Morgan fingerprint density at radius 2 is 2.00 bits per heavy atom. The van der Waals surface area contributed by atoms with Gasteiger partial charge in [-0.2, -0.15) is 0 Å². The van der Waals surface area contributed by atoms with Crippen LogP contribution in [0.25, 0.3) is 11.3 Å². The predicted molar refractivity (Wildman–Crippen MR) is 69.6 cm³/mol. The zero-order valence-electron chi connectivity index (χ0n) is 7.92. The second-order valence-corrected chi connectivity index (χ2v) is 4.63. The smallest absolute Gasteiger partial charge is 0.151 e. The number of nitrogens with two attached hydrogens (primary N) is 1. The van der Waals surface area contributed by atoms with Crippen LogP contribution in [0.2, 0.25) is 10.0 Å². The van der Waals surface area contributed by atoms with Gasteiger partial charge < -0.3 is 5.73 Å². The number of nitrogens with zero attached hydrogens (tertiary/aromatic N) is 2. The maximum Gasteiger partial charge on any atom is 0.151 e. The summed E-state index contributed by atoms with van der Waals surface area (Å²) in [6.07, 6.45) is 1.56. The number of nitrogen functional groups attached to an aromatic ring is 1. The van der Waals surface area contributed by atoms with Crippen molar-refractivity contribution in [3.05, 3.63) is 39.0 Å². The Kier molecular flexibility index (Phi) is 3.33. The normalized spacial score (nSPS) is 10.4. The number of hydrogen-bond acceptors (Lipinski definition) is 3. The molecule has 0 aliphatic rings. The van der Waals surface area contributed by atoms with Crippen molar-refractivity contribution in [2.75, 3.05) is 5.73 Å². The quantitative estimate of drug-likeness (QED) is 0.870. The molecule has 0 fully saturated rings. The van der Waals surface area contributed by atoms with E-state index in [9.17, 15) is 0 Å². The molecule has 0 unspecified atom stereocenters. The van der Waals surface area contributed by atoms with E-state index >= 15 is 0 Å². The van der Waals surface area contributed by atoms with Crippen molar-refractivity contribution in [3.63, 3.8) is 0 Å². The molecule has 0 amide bonds. The van der Waals surface area contributed by atoms with Crippen LogP contribution in [0.15, 0.2) is 29.0 Å². The monoisotopic (exact) mass is 317 g/mol. The van der Waals surface area contributed by atoms with Crippen LogP contribution in [0.4, 0.5) is 5.82 Å². The lowest BCUT2D eigenvalue weighted by atomic mass is 10.1. The summed E-state index contributed by atoms with van der Waals surface area (Å²) in [6.45, 7) is 0. The topological polar surface area (TPSA) is 51.8 Å². The van der Waals surface area contributed by atoms with Gasteiger partial charge >= 0.3 is 0 Å². The lowest BCUT2D eigenvalue weighted by molar-refractivity contribution is 1.18. The van der Waals surface area contributed by atoms with Crippen LogP contribution in [-0.2, 0) is 0 Å². The maximum atomic E-state index is 6.07. The Balaban J connectivity index is 2.63. The molecule has 3 nitrogen and oxygen atoms in total. The van der Waals surface area contributed by atoms with Crippen LogP contribution < -0.4 is 5.73 Å². The molecule has 0 aliphatic carbocycles. The molecule has 0 saturated carbocycles. The molecule has 6 heteroatoms. The van der Waals surface area contributed by atoms with Crippen LogP contribution >= 0.6 is 39.1 Å². The lowest BCUT2D eigenvalue weighted by Crippen LogP contribution is -1.97. The van der Waals surface area contributed by atoms with Crippen LogP contribution in [-0.4, -0.2) is 9.97 Å². The molecule has 1 heterocycles. The Bertz CT molecular complexity index is 546. The van der Waals surface area contributed by atoms with Crippen LogP contribution in [0.1, 0.15) is 0 Å². The Morgan fingerprint density at radius 1 is 1.25 bits per heavy atom. The minimum atomic E-state index is 0.304. The fourth-order valence-electron chi connectivity index (χ4n) is 1.28. The fraction of sp³-hybridized carbons (Fsp3) is 0. The van der Waals surface area contributed by atoms with Gasteiger partial charge in [0, 0.05) is 5.56 Å². The Labute approximate surface area is 111 Å². The first-order chi connectivity index (χ1) is 7.59. The van der Waals surface area contributed by atoms with E-state index in [4.69, 9.17) is 28.9 Å². The first-order valence-electron chi connectivity index (χ1n) is 4.32. The van der Waals surface area contributed by atoms with Gasteiger partial charge in [0.2, 0.25) is 0 Å². The number of rotatable bonds is 1. The fourth-order valence-corrected chi connectivity index (χ4v) is 1.96. The van der Waals surface area contributed by atoms with Gasteiger partial charge in [0.25, 0.3) is 0 Å². The highest BCUT2D eigenvalue weighted by Crippen LogP contribution is 2.34. The predicted octanol–water partition coefficient (Wildman–Crippen LogP) is 3.80. The van der Waals surface area contributed by atoms with Gasteiger partial charge in [0.1, 0.15) is 10.3 Å². The van der Waals surface area contributed by atoms with E-state index < -0.39 is 0 Å². The zero-order valence-corrected chi connectivity index (χ0v) is 11.0. The van der Waals surface area contributed by atoms with Crippen molar-refractivity contribution in [2.24, 2.45) is 0 Å². The van der Waals surface area contributed by atoms with Crippen LogP contribution in [0.3, 0.4) is 0 Å². The molecule has 0 saturated heterocycles. The summed E-state index contributed by atoms with van der Waals surface area (Å²) < 4.78 is 0.576. The number of benzene rings is 1. The van der Waals surface area contributed by atoms with E-state index in [2.05, 4.69) is 25.9 Å². The average Bonchev–Trinajstić information content (AvgIpc) is 2.23. The van der Waals surface area contributed by atoms with Gasteiger partial charge in [0.05, 0.1) is 16.2 Å². The average molecular weight is 319 g/mol. The Morgan fingerprint density at radius 3 is 2.69 bits per heavy atom. The highest BCUT2D eigenvalue weighted by atomic mass is 79.9. The van der Waals surface area contributed by atoms with E-state index in [0.717, 1.165) is 0 Å². The summed E-state index contributed by atoms with van der Waals surface area (Å²) in [5.74, 6) is 0.304. The molecule has 2 aromatic rings. The van der Waals surface area contributed by atoms with Crippen molar-refractivity contribution in [1.82, 2.24) is 9.97 Å².